The van der Waals surface area contributed by atoms with Gasteiger partial charge < -0.3 is 0 Å². The van der Waals surface area contributed by atoms with Gasteiger partial charge in [0, 0.05) is 0 Å². The fourth-order valence-electron chi connectivity index (χ4n) is 2.61. The molecule has 0 heteroatoms. The van der Waals surface area contributed by atoms with Gasteiger partial charge in [-0.1, -0.05) is 57.7 Å². The van der Waals surface area contributed by atoms with Gasteiger partial charge in [0.15, 0.2) is 0 Å². The Morgan fingerprint density at radius 3 is 1.72 bits per heavy atom. The molecule has 0 spiro atoms. The highest BCUT2D eigenvalue weighted by atomic mass is 14.1. The molecule has 0 amide bonds. The van der Waals surface area contributed by atoms with Crippen molar-refractivity contribution in [1.29, 1.82) is 0 Å². The minimum Gasteiger partial charge on any atom is -0.0654 e. The van der Waals surface area contributed by atoms with Gasteiger partial charge in [-0.05, 0) is 55.7 Å². The summed E-state index contributed by atoms with van der Waals surface area (Å²) in [4.78, 5) is 0. The molecule has 0 aromatic heterocycles. The van der Waals surface area contributed by atoms with Gasteiger partial charge in [0.2, 0.25) is 0 Å². The summed E-state index contributed by atoms with van der Waals surface area (Å²) in [6, 6.07) is 6.85. The maximum Gasteiger partial charge on any atom is -0.0273 e. The average molecular weight is 245 g/mol. The van der Waals surface area contributed by atoms with E-state index in [0.29, 0.717) is 0 Å². The van der Waals surface area contributed by atoms with Crippen molar-refractivity contribution in [3.8, 4) is 0 Å². The van der Waals surface area contributed by atoms with Crippen LogP contribution in [0.5, 0.6) is 0 Å². The molecule has 0 bridgehead atoms. The number of hydrogen-bond donors (Lipinski definition) is 0. The fraction of sp³-hybridized carbons (Fsp3) is 0.611. The molecule has 0 aliphatic rings. The Balaban J connectivity index is 2.68. The number of benzene rings is 1. The van der Waals surface area contributed by atoms with Crippen LogP contribution in [-0.2, 0) is 19.3 Å². The van der Waals surface area contributed by atoms with Crippen LogP contribution in [0.15, 0.2) is 18.2 Å². The third-order valence-electron chi connectivity index (χ3n) is 3.72. The lowest BCUT2D eigenvalue weighted by atomic mass is 9.92. The van der Waals surface area contributed by atoms with Crippen molar-refractivity contribution in [2.45, 2.75) is 71.6 Å². The molecule has 0 saturated carbocycles. The van der Waals surface area contributed by atoms with Crippen LogP contribution >= 0.6 is 0 Å². The summed E-state index contributed by atoms with van der Waals surface area (Å²) in [6.07, 6.45) is 11.4. The SMILES string of the molecule is [CH2]Cc1c(CCCCC)cccc1CCCCC. The van der Waals surface area contributed by atoms with E-state index in [-0.39, 0.29) is 0 Å². The van der Waals surface area contributed by atoms with E-state index in [1.54, 1.807) is 11.1 Å². The largest absolute Gasteiger partial charge is 0.0654 e. The van der Waals surface area contributed by atoms with Crippen LogP contribution in [0.3, 0.4) is 0 Å². The first-order chi connectivity index (χ1) is 8.83. The second kappa shape index (κ2) is 9.19. The van der Waals surface area contributed by atoms with Crippen molar-refractivity contribution in [3.05, 3.63) is 41.8 Å². The molecule has 0 heterocycles. The van der Waals surface area contributed by atoms with Crippen molar-refractivity contribution in [1.82, 2.24) is 0 Å². The molecule has 0 atom stereocenters. The predicted molar refractivity (Wildman–Crippen MR) is 82.0 cm³/mol. The number of hydrogen-bond acceptors (Lipinski definition) is 0. The highest BCUT2D eigenvalue weighted by Crippen LogP contribution is 2.20. The number of aryl methyl sites for hydroxylation is 2. The van der Waals surface area contributed by atoms with Gasteiger partial charge in [-0.25, -0.2) is 0 Å². The molecule has 0 aliphatic carbocycles. The summed E-state index contributed by atoms with van der Waals surface area (Å²) < 4.78 is 0. The fourth-order valence-corrected chi connectivity index (χ4v) is 2.61. The first-order valence-electron chi connectivity index (χ1n) is 7.72. The molecule has 0 saturated heterocycles. The van der Waals surface area contributed by atoms with Gasteiger partial charge in [0.25, 0.3) is 0 Å². The highest BCUT2D eigenvalue weighted by Gasteiger charge is 2.06. The topological polar surface area (TPSA) is 0 Å². The molecule has 1 rings (SSSR count). The van der Waals surface area contributed by atoms with Crippen LogP contribution < -0.4 is 0 Å². The van der Waals surface area contributed by atoms with E-state index in [9.17, 15) is 0 Å². The maximum absolute atomic E-state index is 4.13. The lowest BCUT2D eigenvalue weighted by Gasteiger charge is -2.13. The van der Waals surface area contributed by atoms with Crippen molar-refractivity contribution in [2.75, 3.05) is 0 Å². The Hall–Kier alpha value is -0.780. The minimum absolute atomic E-state index is 0.948. The van der Waals surface area contributed by atoms with E-state index < -0.39 is 0 Å². The molecule has 1 aromatic carbocycles. The molecule has 1 radical (unpaired) electrons. The van der Waals surface area contributed by atoms with Crippen LogP contribution in [0.1, 0.15) is 69.1 Å². The van der Waals surface area contributed by atoms with E-state index in [0.717, 1.165) is 6.42 Å². The van der Waals surface area contributed by atoms with Crippen LogP contribution in [0, 0.1) is 6.92 Å². The van der Waals surface area contributed by atoms with E-state index in [1.807, 2.05) is 0 Å². The van der Waals surface area contributed by atoms with Crippen molar-refractivity contribution < 1.29 is 0 Å². The Morgan fingerprint density at radius 2 is 1.33 bits per heavy atom. The van der Waals surface area contributed by atoms with Gasteiger partial charge in [-0.3, -0.25) is 0 Å². The average Bonchev–Trinajstić information content (AvgIpc) is 2.39. The van der Waals surface area contributed by atoms with E-state index in [2.05, 4.69) is 39.0 Å². The zero-order chi connectivity index (χ0) is 13.2. The van der Waals surface area contributed by atoms with Crippen LogP contribution in [-0.4, -0.2) is 0 Å². The summed E-state index contributed by atoms with van der Waals surface area (Å²) in [7, 11) is 0. The van der Waals surface area contributed by atoms with Crippen LogP contribution in [0.4, 0.5) is 0 Å². The van der Waals surface area contributed by atoms with E-state index >= 15 is 0 Å². The minimum atomic E-state index is 0.948. The first kappa shape index (κ1) is 15.3. The second-order valence-electron chi connectivity index (χ2n) is 5.22. The third-order valence-corrected chi connectivity index (χ3v) is 3.72. The molecular weight excluding hydrogens is 216 g/mol. The van der Waals surface area contributed by atoms with Crippen molar-refractivity contribution in [2.24, 2.45) is 0 Å². The van der Waals surface area contributed by atoms with Crippen LogP contribution in [0.25, 0.3) is 0 Å². The quantitative estimate of drug-likeness (QED) is 0.502. The maximum atomic E-state index is 4.13. The van der Waals surface area contributed by atoms with Gasteiger partial charge in [-0.15, -0.1) is 0 Å². The third kappa shape index (κ3) is 4.84. The molecule has 0 unspecified atom stereocenters. The second-order valence-corrected chi connectivity index (χ2v) is 5.22. The van der Waals surface area contributed by atoms with Crippen molar-refractivity contribution in [3.63, 3.8) is 0 Å². The molecule has 18 heavy (non-hydrogen) atoms. The molecule has 0 N–H and O–H groups in total. The number of unbranched alkanes of at least 4 members (excludes halogenated alkanes) is 4. The zero-order valence-corrected chi connectivity index (χ0v) is 12.3. The Kier molecular flexibility index (Phi) is 7.80. The monoisotopic (exact) mass is 245 g/mol. The zero-order valence-electron chi connectivity index (χ0n) is 12.3. The summed E-state index contributed by atoms with van der Waals surface area (Å²) in [5, 5.41) is 0. The summed E-state index contributed by atoms with van der Waals surface area (Å²) in [5.41, 5.74) is 4.63. The van der Waals surface area contributed by atoms with Gasteiger partial charge in [0.1, 0.15) is 0 Å². The predicted octanol–water partition coefficient (Wildman–Crippen LogP) is 5.53. The van der Waals surface area contributed by atoms with E-state index in [1.165, 1.54) is 56.9 Å². The molecule has 0 nitrogen and oxygen atoms in total. The van der Waals surface area contributed by atoms with E-state index in [4.69, 9.17) is 0 Å². The van der Waals surface area contributed by atoms with Crippen molar-refractivity contribution >= 4 is 0 Å². The van der Waals surface area contributed by atoms with Gasteiger partial charge in [-0.2, -0.15) is 0 Å². The first-order valence-corrected chi connectivity index (χ1v) is 7.72. The van der Waals surface area contributed by atoms with Gasteiger partial charge >= 0.3 is 0 Å². The molecule has 1 aromatic rings. The summed E-state index contributed by atoms with van der Waals surface area (Å²) in [6.45, 7) is 8.67. The Labute approximate surface area is 114 Å². The summed E-state index contributed by atoms with van der Waals surface area (Å²) >= 11 is 0. The standard InChI is InChI=1S/C18H29/c1-4-7-9-12-16-14-11-15-17(18(16)6-3)13-10-8-5-2/h11,14-15H,3-10,12-13H2,1-2H3. The van der Waals surface area contributed by atoms with Crippen LogP contribution in [0.2, 0.25) is 0 Å². The normalized spacial score (nSPS) is 10.8. The highest BCUT2D eigenvalue weighted by molar-refractivity contribution is 5.36. The molecule has 101 valence electrons. The number of rotatable bonds is 9. The lowest BCUT2D eigenvalue weighted by molar-refractivity contribution is 0.702. The lowest BCUT2D eigenvalue weighted by Crippen LogP contribution is -2.00. The summed E-state index contributed by atoms with van der Waals surface area (Å²) in [5.74, 6) is 0. The van der Waals surface area contributed by atoms with Gasteiger partial charge in [0.05, 0.1) is 0 Å². The smallest absolute Gasteiger partial charge is 0.0273 e. The molecular formula is C18H29. The molecule has 0 fully saturated rings. The Morgan fingerprint density at radius 1 is 0.833 bits per heavy atom. The molecule has 0 aliphatic heterocycles. The Bertz CT molecular complexity index is 297.